The molecule has 0 heterocycles. The smallest absolute Gasteiger partial charge is 0.249 e. The number of hydrogen-bond donors (Lipinski definition) is 1. The fourth-order valence-electron chi connectivity index (χ4n) is 1.05. The Kier molecular flexibility index (Phi) is 2.64. The van der Waals surface area contributed by atoms with Crippen molar-refractivity contribution in [2.24, 2.45) is 5.73 Å². The Morgan fingerprint density at radius 3 is 2.67 bits per heavy atom. The Hall–Kier alpha value is -1.57. The van der Waals surface area contributed by atoms with Crippen LogP contribution in [0.4, 0.5) is 0 Å². The molecule has 0 radical (unpaired) electrons. The van der Waals surface area contributed by atoms with Gasteiger partial charge in [-0.15, -0.1) is 0 Å². The lowest BCUT2D eigenvalue weighted by Crippen LogP contribution is -2.12. The minimum atomic E-state index is -0.385. The van der Waals surface area contributed by atoms with Crippen molar-refractivity contribution in [3.05, 3.63) is 41.5 Å². The van der Waals surface area contributed by atoms with Gasteiger partial charge in [0.25, 0.3) is 0 Å². The summed E-state index contributed by atoms with van der Waals surface area (Å²) in [5, 5.41) is 0. The highest BCUT2D eigenvalue weighted by Crippen LogP contribution is 2.09. The highest BCUT2D eigenvalue weighted by Gasteiger charge is 2.02. The van der Waals surface area contributed by atoms with Crippen LogP contribution in [0.1, 0.15) is 22.8 Å². The van der Waals surface area contributed by atoms with Crippen LogP contribution in [0, 0.1) is 0 Å². The Labute approximate surface area is 71.7 Å². The van der Waals surface area contributed by atoms with Crippen molar-refractivity contribution in [2.45, 2.75) is 6.92 Å². The van der Waals surface area contributed by atoms with Crippen LogP contribution in [0.15, 0.2) is 30.3 Å². The molecule has 12 heavy (non-hydrogen) atoms. The maximum absolute atomic E-state index is 10.9. The molecule has 0 fully saturated rings. The normalized spacial score (nSPS) is 10.4. The van der Waals surface area contributed by atoms with Crippen LogP contribution in [0.3, 0.4) is 0 Å². The first kappa shape index (κ1) is 8.53. The highest BCUT2D eigenvalue weighted by molar-refractivity contribution is 5.96. The molecule has 0 aliphatic rings. The first-order chi connectivity index (χ1) is 5.75. The highest BCUT2D eigenvalue weighted by atomic mass is 16.1. The van der Waals surface area contributed by atoms with Crippen molar-refractivity contribution in [1.29, 1.82) is 0 Å². The lowest BCUT2D eigenvalue weighted by Gasteiger charge is -1.99. The zero-order valence-corrected chi connectivity index (χ0v) is 6.95. The van der Waals surface area contributed by atoms with E-state index >= 15 is 0 Å². The molecule has 0 saturated carbocycles. The summed E-state index contributed by atoms with van der Waals surface area (Å²) in [5.74, 6) is -0.385. The van der Waals surface area contributed by atoms with E-state index in [1.54, 1.807) is 12.1 Å². The number of allylic oxidation sites excluding steroid dienone is 1. The largest absolute Gasteiger partial charge is 0.366 e. The van der Waals surface area contributed by atoms with Crippen LogP contribution < -0.4 is 5.73 Å². The van der Waals surface area contributed by atoms with E-state index in [1.807, 2.05) is 31.2 Å². The zero-order valence-electron chi connectivity index (χ0n) is 6.95. The second kappa shape index (κ2) is 3.72. The molecule has 0 saturated heterocycles. The van der Waals surface area contributed by atoms with Gasteiger partial charge in [0.05, 0.1) is 0 Å². The molecule has 1 rings (SSSR count). The molecule has 0 atom stereocenters. The lowest BCUT2D eigenvalue weighted by atomic mass is 10.1. The maximum Gasteiger partial charge on any atom is 0.249 e. The third kappa shape index (κ3) is 1.72. The molecule has 0 aliphatic heterocycles. The predicted molar refractivity (Wildman–Crippen MR) is 49.7 cm³/mol. The predicted octanol–water partition coefficient (Wildman–Crippen LogP) is 1.82. The second-order valence-electron chi connectivity index (χ2n) is 2.45. The van der Waals surface area contributed by atoms with Crippen molar-refractivity contribution in [1.82, 2.24) is 0 Å². The summed E-state index contributed by atoms with van der Waals surface area (Å²) in [4.78, 5) is 10.9. The summed E-state index contributed by atoms with van der Waals surface area (Å²) in [6, 6.07) is 7.26. The molecule has 0 aromatic heterocycles. The first-order valence-corrected chi connectivity index (χ1v) is 3.77. The van der Waals surface area contributed by atoms with E-state index in [0.29, 0.717) is 5.56 Å². The summed E-state index contributed by atoms with van der Waals surface area (Å²) in [5.41, 5.74) is 6.61. The number of carbonyl (C=O) groups excluding carboxylic acids is 1. The van der Waals surface area contributed by atoms with E-state index in [1.165, 1.54) is 0 Å². The van der Waals surface area contributed by atoms with Crippen LogP contribution in [0.2, 0.25) is 0 Å². The molecular formula is C10H11NO. The Bertz CT molecular complexity index is 315. The van der Waals surface area contributed by atoms with Crippen LogP contribution in [-0.4, -0.2) is 5.91 Å². The zero-order chi connectivity index (χ0) is 8.97. The van der Waals surface area contributed by atoms with E-state index in [4.69, 9.17) is 5.73 Å². The quantitative estimate of drug-likeness (QED) is 0.706. The number of hydrogen-bond acceptors (Lipinski definition) is 1. The summed E-state index contributed by atoms with van der Waals surface area (Å²) < 4.78 is 0. The number of primary amides is 1. The molecule has 62 valence electrons. The SMILES string of the molecule is CC=Cc1ccccc1C(N)=O. The van der Waals surface area contributed by atoms with Crippen molar-refractivity contribution < 1.29 is 4.79 Å². The first-order valence-electron chi connectivity index (χ1n) is 3.77. The van der Waals surface area contributed by atoms with E-state index in [2.05, 4.69) is 0 Å². The molecule has 2 heteroatoms. The van der Waals surface area contributed by atoms with Gasteiger partial charge >= 0.3 is 0 Å². The van der Waals surface area contributed by atoms with Crippen molar-refractivity contribution >= 4 is 12.0 Å². The molecule has 1 amide bonds. The molecule has 1 aromatic rings. The average Bonchev–Trinajstić information content (AvgIpc) is 2.05. The van der Waals surface area contributed by atoms with Gasteiger partial charge in [-0.25, -0.2) is 0 Å². The van der Waals surface area contributed by atoms with Crippen LogP contribution in [-0.2, 0) is 0 Å². The molecule has 0 unspecified atom stereocenters. The summed E-state index contributed by atoms with van der Waals surface area (Å²) in [6.07, 6.45) is 3.74. The Morgan fingerprint density at radius 2 is 2.08 bits per heavy atom. The van der Waals surface area contributed by atoms with Crippen LogP contribution >= 0.6 is 0 Å². The van der Waals surface area contributed by atoms with Gasteiger partial charge in [-0.05, 0) is 18.6 Å². The van der Waals surface area contributed by atoms with Crippen LogP contribution in [0.5, 0.6) is 0 Å². The van der Waals surface area contributed by atoms with Gasteiger partial charge in [0.15, 0.2) is 0 Å². The molecule has 0 spiro atoms. The minimum absolute atomic E-state index is 0.385. The van der Waals surface area contributed by atoms with Gasteiger partial charge in [-0.1, -0.05) is 30.4 Å². The van der Waals surface area contributed by atoms with E-state index in [0.717, 1.165) is 5.56 Å². The molecule has 2 nitrogen and oxygen atoms in total. The number of benzene rings is 1. The maximum atomic E-state index is 10.9. The van der Waals surface area contributed by atoms with Crippen molar-refractivity contribution in [3.8, 4) is 0 Å². The third-order valence-corrected chi connectivity index (χ3v) is 1.57. The number of carbonyl (C=O) groups is 1. The number of amides is 1. The average molecular weight is 161 g/mol. The van der Waals surface area contributed by atoms with Gasteiger partial charge in [0.2, 0.25) is 5.91 Å². The third-order valence-electron chi connectivity index (χ3n) is 1.57. The molecule has 1 aromatic carbocycles. The van der Waals surface area contributed by atoms with Crippen LogP contribution in [0.25, 0.3) is 6.08 Å². The molecule has 0 aliphatic carbocycles. The fraction of sp³-hybridized carbons (Fsp3) is 0.100. The van der Waals surface area contributed by atoms with Gasteiger partial charge in [-0.3, -0.25) is 4.79 Å². The monoisotopic (exact) mass is 161 g/mol. The summed E-state index contributed by atoms with van der Waals surface area (Å²) >= 11 is 0. The second-order valence-corrected chi connectivity index (χ2v) is 2.45. The Balaban J connectivity index is 3.17. The topological polar surface area (TPSA) is 43.1 Å². The van der Waals surface area contributed by atoms with Gasteiger partial charge < -0.3 is 5.73 Å². The molecule has 2 N–H and O–H groups in total. The molecule has 0 bridgehead atoms. The van der Waals surface area contributed by atoms with E-state index in [-0.39, 0.29) is 5.91 Å². The lowest BCUT2D eigenvalue weighted by molar-refractivity contribution is 0.1000. The summed E-state index contributed by atoms with van der Waals surface area (Å²) in [6.45, 7) is 1.90. The summed E-state index contributed by atoms with van der Waals surface area (Å²) in [7, 11) is 0. The number of nitrogens with two attached hydrogens (primary N) is 1. The Morgan fingerprint density at radius 1 is 1.42 bits per heavy atom. The standard InChI is InChI=1S/C10H11NO/c1-2-5-8-6-3-4-7-9(8)10(11)12/h2-7H,1H3,(H2,11,12). The van der Waals surface area contributed by atoms with Crippen molar-refractivity contribution in [2.75, 3.05) is 0 Å². The minimum Gasteiger partial charge on any atom is -0.366 e. The van der Waals surface area contributed by atoms with Gasteiger partial charge in [0, 0.05) is 5.56 Å². The van der Waals surface area contributed by atoms with E-state index in [9.17, 15) is 4.79 Å². The molecular weight excluding hydrogens is 150 g/mol. The van der Waals surface area contributed by atoms with Crippen molar-refractivity contribution in [3.63, 3.8) is 0 Å². The van der Waals surface area contributed by atoms with Gasteiger partial charge in [0.1, 0.15) is 0 Å². The fourth-order valence-corrected chi connectivity index (χ4v) is 1.05. The van der Waals surface area contributed by atoms with Gasteiger partial charge in [-0.2, -0.15) is 0 Å². The van der Waals surface area contributed by atoms with E-state index < -0.39 is 0 Å². The number of rotatable bonds is 2.